The maximum absolute atomic E-state index is 12.0. The minimum absolute atomic E-state index is 0.0927. The number of carbonyl (C=O) groups is 1. The highest BCUT2D eigenvalue weighted by atomic mass is 16.6. The van der Waals surface area contributed by atoms with Crippen molar-refractivity contribution in [3.63, 3.8) is 0 Å². The Kier molecular flexibility index (Phi) is 7.14. The van der Waals surface area contributed by atoms with Gasteiger partial charge >= 0.3 is 6.09 Å². The number of carbonyl (C=O) groups excluding carboxylic acids is 1. The second kappa shape index (κ2) is 8.39. The third-order valence-electron chi connectivity index (χ3n) is 3.54. The van der Waals surface area contributed by atoms with Gasteiger partial charge in [-0.2, -0.15) is 0 Å². The highest BCUT2D eigenvalue weighted by Crippen LogP contribution is 2.22. The van der Waals surface area contributed by atoms with Crippen molar-refractivity contribution >= 4 is 6.09 Å². The molecule has 1 atom stereocenters. The second-order valence-corrected chi connectivity index (χ2v) is 5.81. The first kappa shape index (κ1) is 15.3. The maximum Gasteiger partial charge on any atom is 0.410 e. The van der Waals surface area contributed by atoms with E-state index in [4.69, 9.17) is 4.74 Å². The van der Waals surface area contributed by atoms with Gasteiger partial charge in [-0.25, -0.2) is 4.79 Å². The van der Waals surface area contributed by atoms with Crippen molar-refractivity contribution in [2.24, 2.45) is 5.92 Å². The summed E-state index contributed by atoms with van der Waals surface area (Å²) >= 11 is 0. The van der Waals surface area contributed by atoms with Crippen LogP contribution in [0.25, 0.3) is 0 Å². The molecule has 0 radical (unpaired) electrons. The van der Waals surface area contributed by atoms with Gasteiger partial charge in [0.2, 0.25) is 0 Å². The minimum atomic E-state index is -0.0927. The molecule has 0 aromatic heterocycles. The SMILES string of the molecule is CCCCCC1CCCCN1C(=O)OCC(C)C. The van der Waals surface area contributed by atoms with Crippen LogP contribution in [0.5, 0.6) is 0 Å². The summed E-state index contributed by atoms with van der Waals surface area (Å²) in [5.74, 6) is 0.414. The lowest BCUT2D eigenvalue weighted by Gasteiger charge is -2.35. The van der Waals surface area contributed by atoms with Crippen LogP contribution in [-0.4, -0.2) is 30.2 Å². The third-order valence-corrected chi connectivity index (χ3v) is 3.54. The van der Waals surface area contributed by atoms with E-state index in [1.165, 1.54) is 25.7 Å². The highest BCUT2D eigenvalue weighted by molar-refractivity contribution is 5.68. The fourth-order valence-electron chi connectivity index (χ4n) is 2.49. The minimum Gasteiger partial charge on any atom is -0.449 e. The number of likely N-dealkylation sites (tertiary alicyclic amines) is 1. The van der Waals surface area contributed by atoms with Crippen molar-refractivity contribution in [1.29, 1.82) is 0 Å². The van der Waals surface area contributed by atoms with Crippen molar-refractivity contribution in [1.82, 2.24) is 4.90 Å². The smallest absolute Gasteiger partial charge is 0.410 e. The number of ether oxygens (including phenoxy) is 1. The Morgan fingerprint density at radius 3 is 2.78 bits per heavy atom. The monoisotopic (exact) mass is 255 g/mol. The molecule has 1 rings (SSSR count). The Morgan fingerprint density at radius 2 is 2.11 bits per heavy atom. The molecule has 1 amide bonds. The van der Waals surface area contributed by atoms with Crippen molar-refractivity contribution in [2.75, 3.05) is 13.2 Å². The summed E-state index contributed by atoms with van der Waals surface area (Å²) in [6.07, 6.45) is 8.33. The lowest BCUT2D eigenvalue weighted by molar-refractivity contribution is 0.0629. The zero-order valence-electron chi connectivity index (χ0n) is 12.3. The Labute approximate surface area is 112 Å². The molecule has 1 aliphatic heterocycles. The zero-order chi connectivity index (χ0) is 13.4. The molecule has 0 N–H and O–H groups in total. The standard InChI is InChI=1S/C15H29NO2/c1-4-5-6-9-14-10-7-8-11-16(14)15(17)18-12-13(2)3/h13-14H,4-12H2,1-3H3. The molecular formula is C15H29NO2. The summed E-state index contributed by atoms with van der Waals surface area (Å²) in [6.45, 7) is 7.78. The fraction of sp³-hybridized carbons (Fsp3) is 0.933. The van der Waals surface area contributed by atoms with E-state index in [2.05, 4.69) is 20.8 Å². The van der Waals surface area contributed by atoms with E-state index in [9.17, 15) is 4.79 Å². The van der Waals surface area contributed by atoms with Gasteiger partial charge in [0, 0.05) is 12.6 Å². The molecule has 0 spiro atoms. The Morgan fingerprint density at radius 1 is 1.33 bits per heavy atom. The first-order valence-corrected chi connectivity index (χ1v) is 7.58. The second-order valence-electron chi connectivity index (χ2n) is 5.81. The number of piperidine rings is 1. The molecule has 1 fully saturated rings. The molecule has 1 heterocycles. The summed E-state index contributed by atoms with van der Waals surface area (Å²) in [6, 6.07) is 0.421. The Bertz CT molecular complexity index is 241. The van der Waals surface area contributed by atoms with Crippen LogP contribution >= 0.6 is 0 Å². The summed E-state index contributed by atoms with van der Waals surface area (Å²) < 4.78 is 5.37. The van der Waals surface area contributed by atoms with E-state index in [0.29, 0.717) is 18.6 Å². The largest absolute Gasteiger partial charge is 0.449 e. The summed E-state index contributed by atoms with van der Waals surface area (Å²) in [7, 11) is 0. The molecule has 0 saturated carbocycles. The topological polar surface area (TPSA) is 29.5 Å². The first-order chi connectivity index (χ1) is 8.65. The number of amides is 1. The molecule has 1 unspecified atom stereocenters. The molecule has 0 aliphatic carbocycles. The molecule has 3 nitrogen and oxygen atoms in total. The lowest BCUT2D eigenvalue weighted by Crippen LogP contribution is -2.44. The molecule has 0 aromatic carbocycles. The number of nitrogens with zero attached hydrogens (tertiary/aromatic N) is 1. The highest BCUT2D eigenvalue weighted by Gasteiger charge is 2.27. The molecule has 18 heavy (non-hydrogen) atoms. The number of unbranched alkanes of at least 4 members (excludes halogenated alkanes) is 2. The van der Waals surface area contributed by atoms with Crippen LogP contribution in [0, 0.1) is 5.92 Å². The predicted molar refractivity (Wildman–Crippen MR) is 74.7 cm³/mol. The lowest BCUT2D eigenvalue weighted by atomic mass is 9.97. The van der Waals surface area contributed by atoms with Crippen LogP contribution in [0.4, 0.5) is 4.79 Å². The number of hydrogen-bond acceptors (Lipinski definition) is 2. The van der Waals surface area contributed by atoms with Crippen LogP contribution in [0.2, 0.25) is 0 Å². The summed E-state index contributed by atoms with van der Waals surface area (Å²) in [5, 5.41) is 0. The van der Waals surface area contributed by atoms with Crippen molar-refractivity contribution in [2.45, 2.75) is 71.8 Å². The molecule has 0 bridgehead atoms. The van der Waals surface area contributed by atoms with Gasteiger partial charge in [0.05, 0.1) is 6.61 Å². The van der Waals surface area contributed by atoms with E-state index in [0.717, 1.165) is 25.8 Å². The summed E-state index contributed by atoms with van der Waals surface area (Å²) in [5.41, 5.74) is 0. The van der Waals surface area contributed by atoms with Crippen molar-refractivity contribution < 1.29 is 9.53 Å². The summed E-state index contributed by atoms with van der Waals surface area (Å²) in [4.78, 5) is 14.0. The van der Waals surface area contributed by atoms with Gasteiger partial charge in [-0.1, -0.05) is 40.0 Å². The van der Waals surface area contributed by atoms with Crippen LogP contribution in [0.3, 0.4) is 0 Å². The van der Waals surface area contributed by atoms with Gasteiger partial charge < -0.3 is 9.64 Å². The fourth-order valence-corrected chi connectivity index (χ4v) is 2.49. The van der Waals surface area contributed by atoms with E-state index in [-0.39, 0.29) is 6.09 Å². The molecule has 1 aliphatic rings. The van der Waals surface area contributed by atoms with Gasteiger partial charge in [0.25, 0.3) is 0 Å². The third kappa shape index (κ3) is 5.28. The van der Waals surface area contributed by atoms with E-state index in [1.807, 2.05) is 4.90 Å². The normalized spacial score (nSPS) is 20.2. The van der Waals surface area contributed by atoms with Gasteiger partial charge in [0.1, 0.15) is 0 Å². The number of rotatable bonds is 6. The van der Waals surface area contributed by atoms with E-state index < -0.39 is 0 Å². The van der Waals surface area contributed by atoms with Crippen molar-refractivity contribution in [3.8, 4) is 0 Å². The quantitative estimate of drug-likeness (QED) is 0.665. The van der Waals surface area contributed by atoms with Crippen LogP contribution in [0.1, 0.15) is 65.7 Å². The van der Waals surface area contributed by atoms with Gasteiger partial charge in [0.15, 0.2) is 0 Å². The van der Waals surface area contributed by atoms with E-state index in [1.54, 1.807) is 0 Å². The molecule has 1 saturated heterocycles. The van der Waals surface area contributed by atoms with Gasteiger partial charge in [-0.3, -0.25) is 0 Å². The molecule has 0 aromatic rings. The Hall–Kier alpha value is -0.730. The molecular weight excluding hydrogens is 226 g/mol. The van der Waals surface area contributed by atoms with Crippen LogP contribution in [-0.2, 0) is 4.74 Å². The first-order valence-electron chi connectivity index (χ1n) is 7.58. The zero-order valence-corrected chi connectivity index (χ0v) is 12.3. The van der Waals surface area contributed by atoms with E-state index >= 15 is 0 Å². The maximum atomic E-state index is 12.0. The number of hydrogen-bond donors (Lipinski definition) is 0. The Balaban J connectivity index is 2.40. The van der Waals surface area contributed by atoms with Gasteiger partial charge in [-0.15, -0.1) is 0 Å². The molecule has 106 valence electrons. The van der Waals surface area contributed by atoms with Gasteiger partial charge in [-0.05, 0) is 31.6 Å². The average molecular weight is 255 g/mol. The predicted octanol–water partition coefficient (Wildman–Crippen LogP) is 4.21. The van der Waals surface area contributed by atoms with Crippen LogP contribution in [0.15, 0.2) is 0 Å². The average Bonchev–Trinajstić information content (AvgIpc) is 2.37. The molecule has 3 heteroatoms. The van der Waals surface area contributed by atoms with Crippen LogP contribution < -0.4 is 0 Å². The van der Waals surface area contributed by atoms with Crippen molar-refractivity contribution in [3.05, 3.63) is 0 Å².